The number of hydrogen-bond acceptors (Lipinski definition) is 4. The molecule has 2 aromatic carbocycles. The minimum atomic E-state index is -0.784. The van der Waals surface area contributed by atoms with Crippen LogP contribution in [0.4, 0.5) is 8.78 Å². The number of aliphatic hydroxyl groups excluding tert-OH is 1. The van der Waals surface area contributed by atoms with Crippen LogP contribution in [0.3, 0.4) is 0 Å². The zero-order valence-corrected chi connectivity index (χ0v) is 15.2. The second kappa shape index (κ2) is 8.04. The van der Waals surface area contributed by atoms with Crippen LogP contribution >= 0.6 is 0 Å². The van der Waals surface area contributed by atoms with E-state index in [1.807, 2.05) is 24.3 Å². The molecule has 4 nitrogen and oxygen atoms in total. The first-order valence-corrected chi connectivity index (χ1v) is 9.09. The second-order valence-corrected chi connectivity index (χ2v) is 6.89. The van der Waals surface area contributed by atoms with Crippen LogP contribution in [-0.4, -0.2) is 28.1 Å². The molecule has 1 aliphatic rings. The number of pyridine rings is 1. The summed E-state index contributed by atoms with van der Waals surface area (Å²) in [5.74, 6) is -0.401. The Morgan fingerprint density at radius 2 is 1.89 bits per heavy atom. The lowest BCUT2D eigenvalue weighted by atomic mass is 10.00. The van der Waals surface area contributed by atoms with Crippen molar-refractivity contribution >= 4 is 0 Å². The van der Waals surface area contributed by atoms with Crippen LogP contribution in [0.25, 0.3) is 0 Å². The van der Waals surface area contributed by atoms with E-state index in [4.69, 9.17) is 4.74 Å². The standard InChI is InChI=1S/C22H20F2N2O2/c23-19-8-15(9-20(24)11-19)13-26-6-7-28-21-4-3-16(10-18(21)14-26)22(27)17-2-1-5-25-12-17/h1-5,8-12,22,27H,6-7,13-14H2. The lowest BCUT2D eigenvalue weighted by molar-refractivity contribution is 0.218. The van der Waals surface area contributed by atoms with E-state index in [0.717, 1.165) is 22.9 Å². The maximum atomic E-state index is 13.5. The van der Waals surface area contributed by atoms with E-state index in [-0.39, 0.29) is 0 Å². The first-order chi connectivity index (χ1) is 13.6. The van der Waals surface area contributed by atoms with Crippen molar-refractivity contribution in [2.75, 3.05) is 13.2 Å². The predicted molar refractivity (Wildman–Crippen MR) is 101 cm³/mol. The molecule has 0 aliphatic carbocycles. The Balaban J connectivity index is 1.56. The van der Waals surface area contributed by atoms with Crippen LogP contribution in [0.2, 0.25) is 0 Å². The number of nitrogens with zero attached hydrogens (tertiary/aromatic N) is 2. The van der Waals surface area contributed by atoms with E-state index < -0.39 is 17.7 Å². The number of ether oxygens (including phenoxy) is 1. The highest BCUT2D eigenvalue weighted by Gasteiger charge is 2.19. The highest BCUT2D eigenvalue weighted by molar-refractivity contribution is 5.41. The van der Waals surface area contributed by atoms with Crippen LogP contribution in [0, 0.1) is 11.6 Å². The van der Waals surface area contributed by atoms with E-state index in [1.165, 1.54) is 12.1 Å². The van der Waals surface area contributed by atoms with Crippen LogP contribution in [0.5, 0.6) is 5.75 Å². The zero-order valence-electron chi connectivity index (χ0n) is 15.2. The molecule has 0 spiro atoms. The molecule has 1 N–H and O–H groups in total. The summed E-state index contributed by atoms with van der Waals surface area (Å²) < 4.78 is 32.8. The highest BCUT2D eigenvalue weighted by atomic mass is 19.1. The molecule has 4 rings (SSSR count). The van der Waals surface area contributed by atoms with Gasteiger partial charge in [-0.05, 0) is 41.5 Å². The summed E-state index contributed by atoms with van der Waals surface area (Å²) in [6.45, 7) is 2.08. The van der Waals surface area contributed by atoms with Crippen molar-refractivity contribution in [2.24, 2.45) is 0 Å². The molecule has 3 aromatic rings. The average Bonchev–Trinajstić information content (AvgIpc) is 2.88. The molecule has 2 heterocycles. The second-order valence-electron chi connectivity index (χ2n) is 6.89. The summed E-state index contributed by atoms with van der Waals surface area (Å²) in [7, 11) is 0. The van der Waals surface area contributed by atoms with Crippen molar-refractivity contribution in [2.45, 2.75) is 19.2 Å². The first kappa shape index (κ1) is 18.5. The summed E-state index contributed by atoms with van der Waals surface area (Å²) in [5.41, 5.74) is 2.96. The third-order valence-corrected chi connectivity index (χ3v) is 4.79. The third-order valence-electron chi connectivity index (χ3n) is 4.79. The van der Waals surface area contributed by atoms with Gasteiger partial charge in [-0.2, -0.15) is 0 Å². The normalized spacial score (nSPS) is 15.4. The molecule has 0 amide bonds. The molecule has 0 saturated heterocycles. The fourth-order valence-corrected chi connectivity index (χ4v) is 3.46. The minimum Gasteiger partial charge on any atom is -0.492 e. The van der Waals surface area contributed by atoms with E-state index >= 15 is 0 Å². The van der Waals surface area contributed by atoms with Crippen LogP contribution in [-0.2, 0) is 13.1 Å². The van der Waals surface area contributed by atoms with E-state index in [1.54, 1.807) is 18.5 Å². The van der Waals surface area contributed by atoms with E-state index in [9.17, 15) is 13.9 Å². The molecule has 0 bridgehead atoms. The quantitative estimate of drug-likeness (QED) is 0.745. The maximum Gasteiger partial charge on any atom is 0.126 e. The average molecular weight is 382 g/mol. The molecule has 28 heavy (non-hydrogen) atoms. The molecule has 1 atom stereocenters. The molecule has 144 valence electrons. The predicted octanol–water partition coefficient (Wildman–Crippen LogP) is 3.84. The molecule has 0 radical (unpaired) electrons. The largest absolute Gasteiger partial charge is 0.492 e. The molecular weight excluding hydrogens is 362 g/mol. The Hall–Kier alpha value is -2.83. The summed E-state index contributed by atoms with van der Waals surface area (Å²) in [6, 6.07) is 12.8. The molecule has 0 saturated carbocycles. The number of rotatable bonds is 4. The van der Waals surface area contributed by atoms with Crippen LogP contribution in [0.1, 0.15) is 28.4 Å². The molecule has 1 aliphatic heterocycles. The summed E-state index contributed by atoms with van der Waals surface area (Å²) in [5, 5.41) is 10.6. The molecule has 6 heteroatoms. The van der Waals surface area contributed by atoms with Gasteiger partial charge in [0, 0.05) is 49.2 Å². The van der Waals surface area contributed by atoms with Gasteiger partial charge in [-0.3, -0.25) is 9.88 Å². The van der Waals surface area contributed by atoms with Crippen LogP contribution in [0.15, 0.2) is 60.9 Å². The molecule has 1 aromatic heterocycles. The molecule has 0 fully saturated rings. The Morgan fingerprint density at radius 1 is 1.07 bits per heavy atom. The van der Waals surface area contributed by atoms with E-state index in [0.29, 0.717) is 37.4 Å². The number of benzene rings is 2. The van der Waals surface area contributed by atoms with Crippen molar-refractivity contribution < 1.29 is 18.6 Å². The van der Waals surface area contributed by atoms with Crippen molar-refractivity contribution in [1.29, 1.82) is 0 Å². The number of halogens is 2. The topological polar surface area (TPSA) is 45.6 Å². The molecular formula is C22H20F2N2O2. The summed E-state index contributed by atoms with van der Waals surface area (Å²) >= 11 is 0. The molecule has 1 unspecified atom stereocenters. The fraction of sp³-hybridized carbons (Fsp3) is 0.227. The monoisotopic (exact) mass is 382 g/mol. The van der Waals surface area contributed by atoms with Gasteiger partial charge in [-0.25, -0.2) is 8.78 Å². The Labute approximate surface area is 162 Å². The van der Waals surface area contributed by atoms with Gasteiger partial charge in [-0.1, -0.05) is 12.1 Å². The Kier molecular flexibility index (Phi) is 5.32. The highest BCUT2D eigenvalue weighted by Crippen LogP contribution is 2.29. The fourth-order valence-electron chi connectivity index (χ4n) is 3.46. The first-order valence-electron chi connectivity index (χ1n) is 9.09. The van der Waals surface area contributed by atoms with Gasteiger partial charge in [0.05, 0.1) is 0 Å². The number of hydrogen-bond donors (Lipinski definition) is 1. The number of aliphatic hydroxyl groups is 1. The zero-order chi connectivity index (χ0) is 19.5. The van der Waals surface area contributed by atoms with Gasteiger partial charge in [0.1, 0.15) is 30.1 Å². The lowest BCUT2D eigenvalue weighted by Crippen LogP contribution is -2.25. The van der Waals surface area contributed by atoms with Crippen LogP contribution < -0.4 is 4.74 Å². The van der Waals surface area contributed by atoms with Gasteiger partial charge in [0.15, 0.2) is 0 Å². The SMILES string of the molecule is OC(c1cccnc1)c1ccc2c(c1)CN(Cc1cc(F)cc(F)c1)CCO2. The van der Waals surface area contributed by atoms with Gasteiger partial charge in [-0.15, -0.1) is 0 Å². The van der Waals surface area contributed by atoms with Crippen molar-refractivity contribution in [3.63, 3.8) is 0 Å². The maximum absolute atomic E-state index is 13.5. The van der Waals surface area contributed by atoms with Crippen molar-refractivity contribution in [1.82, 2.24) is 9.88 Å². The van der Waals surface area contributed by atoms with Gasteiger partial charge in [0.25, 0.3) is 0 Å². The lowest BCUT2D eigenvalue weighted by Gasteiger charge is -2.20. The third kappa shape index (κ3) is 4.18. The number of aromatic nitrogens is 1. The minimum absolute atomic E-state index is 0.410. The summed E-state index contributed by atoms with van der Waals surface area (Å²) in [6.07, 6.45) is 2.51. The van der Waals surface area contributed by atoms with Crippen molar-refractivity contribution in [3.05, 3.63) is 94.8 Å². The van der Waals surface area contributed by atoms with E-state index in [2.05, 4.69) is 9.88 Å². The smallest absolute Gasteiger partial charge is 0.126 e. The van der Waals surface area contributed by atoms with Gasteiger partial charge >= 0.3 is 0 Å². The summed E-state index contributed by atoms with van der Waals surface area (Å²) in [4.78, 5) is 6.12. The van der Waals surface area contributed by atoms with Crippen molar-refractivity contribution in [3.8, 4) is 5.75 Å². The Bertz CT molecular complexity index is 946. The van der Waals surface area contributed by atoms with Gasteiger partial charge < -0.3 is 9.84 Å². The number of fused-ring (bicyclic) bond motifs is 1. The Morgan fingerprint density at radius 3 is 2.64 bits per heavy atom. The van der Waals surface area contributed by atoms with Gasteiger partial charge in [0.2, 0.25) is 0 Å².